The van der Waals surface area contributed by atoms with Gasteiger partial charge in [-0.2, -0.15) is 4.98 Å². The smallest absolute Gasteiger partial charge is 0.338 e. The molecule has 1 aliphatic heterocycles. The number of allylic oxidation sites excluding steroid dienone is 1. The van der Waals surface area contributed by atoms with Crippen molar-refractivity contribution in [3.8, 4) is 5.75 Å². The number of nitrogens with zero attached hydrogens (tertiary/aromatic N) is 3. The van der Waals surface area contributed by atoms with Gasteiger partial charge in [0.15, 0.2) is 0 Å². The fraction of sp³-hybridized carbons (Fsp3) is 0.500. The third kappa shape index (κ3) is 4.98. The number of thioether (sulfide) groups is 1. The first-order chi connectivity index (χ1) is 14.6. The van der Waals surface area contributed by atoms with E-state index in [1.807, 2.05) is 38.1 Å². The van der Waals surface area contributed by atoms with E-state index in [1.165, 1.54) is 0 Å². The molecule has 7 nitrogen and oxygen atoms in total. The average Bonchev–Trinajstić information content (AvgIpc) is 3.14. The summed E-state index contributed by atoms with van der Waals surface area (Å²) < 4.78 is 13.0. The van der Waals surface area contributed by atoms with E-state index in [4.69, 9.17) is 14.6 Å². The summed E-state index contributed by atoms with van der Waals surface area (Å²) in [6.07, 6.45) is 3.10. The van der Waals surface area contributed by atoms with Gasteiger partial charge in [0.2, 0.25) is 11.1 Å². The molecule has 0 fully saturated rings. The molecule has 0 saturated carbocycles. The number of carbonyl (C=O) groups is 1. The summed E-state index contributed by atoms with van der Waals surface area (Å²) in [4.78, 5) is 17.5. The standard InChI is InChI=1S/C22H30N4O3S/c1-5-8-12-29-17-11-9-10-16(14-17)19-18(20(27)28-7-3)15(4)23-21-24-22(25-26(19)21)30-13-6-2/h9-11,14,19H,5-8,12-13H2,1-4H3,(H,23,24,25). The normalized spacial score (nSPS) is 15.5. The lowest BCUT2D eigenvalue weighted by atomic mass is 9.95. The van der Waals surface area contributed by atoms with Crippen LogP contribution in [0.2, 0.25) is 0 Å². The Bertz CT molecular complexity index is 910. The van der Waals surface area contributed by atoms with Crippen LogP contribution >= 0.6 is 11.8 Å². The number of benzene rings is 1. The van der Waals surface area contributed by atoms with Gasteiger partial charge >= 0.3 is 5.97 Å². The molecule has 0 spiro atoms. The molecule has 0 bridgehead atoms. The molecule has 1 atom stereocenters. The lowest BCUT2D eigenvalue weighted by Crippen LogP contribution is -2.29. The Labute approximate surface area is 182 Å². The predicted molar refractivity (Wildman–Crippen MR) is 119 cm³/mol. The van der Waals surface area contributed by atoms with Crippen LogP contribution in [0.15, 0.2) is 40.7 Å². The number of hydrogen-bond donors (Lipinski definition) is 1. The van der Waals surface area contributed by atoms with E-state index in [-0.39, 0.29) is 5.97 Å². The zero-order valence-corrected chi connectivity index (χ0v) is 18.9. The molecule has 0 radical (unpaired) electrons. The number of rotatable bonds is 10. The first-order valence-corrected chi connectivity index (χ1v) is 11.5. The lowest BCUT2D eigenvalue weighted by Gasteiger charge is -2.28. The van der Waals surface area contributed by atoms with Gasteiger partial charge in [-0.15, -0.1) is 5.10 Å². The second-order valence-electron chi connectivity index (χ2n) is 7.07. The minimum absolute atomic E-state index is 0.310. The molecule has 30 heavy (non-hydrogen) atoms. The van der Waals surface area contributed by atoms with Crippen LogP contribution in [0.25, 0.3) is 0 Å². The van der Waals surface area contributed by atoms with Gasteiger partial charge in [0.25, 0.3) is 0 Å². The maximum absolute atomic E-state index is 12.9. The Morgan fingerprint density at radius 2 is 2.10 bits per heavy atom. The van der Waals surface area contributed by atoms with Gasteiger partial charge in [-0.3, -0.25) is 0 Å². The van der Waals surface area contributed by atoms with Crippen LogP contribution in [-0.4, -0.2) is 39.7 Å². The van der Waals surface area contributed by atoms with Gasteiger partial charge in [-0.05, 0) is 44.4 Å². The fourth-order valence-corrected chi connectivity index (χ4v) is 3.96. The first-order valence-electron chi connectivity index (χ1n) is 10.6. The highest BCUT2D eigenvalue weighted by molar-refractivity contribution is 7.99. The molecular weight excluding hydrogens is 400 g/mol. The third-order valence-corrected chi connectivity index (χ3v) is 5.75. The van der Waals surface area contributed by atoms with Gasteiger partial charge in [-0.1, -0.05) is 44.2 Å². The van der Waals surface area contributed by atoms with E-state index in [0.717, 1.165) is 42.0 Å². The molecule has 0 aliphatic carbocycles. The van der Waals surface area contributed by atoms with Crippen molar-refractivity contribution in [2.75, 3.05) is 24.3 Å². The van der Waals surface area contributed by atoms with Gasteiger partial charge < -0.3 is 14.8 Å². The van der Waals surface area contributed by atoms with Crippen LogP contribution in [0.1, 0.15) is 58.6 Å². The Balaban J connectivity index is 2.02. The maximum atomic E-state index is 12.9. The van der Waals surface area contributed by atoms with E-state index in [0.29, 0.717) is 29.9 Å². The number of ether oxygens (including phenoxy) is 2. The Kier molecular flexibility index (Phi) is 7.79. The van der Waals surface area contributed by atoms with Crippen LogP contribution in [0, 0.1) is 0 Å². The highest BCUT2D eigenvalue weighted by Crippen LogP contribution is 2.37. The topological polar surface area (TPSA) is 78.3 Å². The van der Waals surface area contributed by atoms with Gasteiger partial charge in [-0.25, -0.2) is 9.48 Å². The van der Waals surface area contributed by atoms with Crippen molar-refractivity contribution in [1.82, 2.24) is 14.8 Å². The number of carbonyl (C=O) groups excluding carboxylic acids is 1. The number of aromatic nitrogens is 3. The van der Waals surface area contributed by atoms with E-state index in [1.54, 1.807) is 16.4 Å². The number of nitrogens with one attached hydrogen (secondary N) is 1. The van der Waals surface area contributed by atoms with Gasteiger partial charge in [0.1, 0.15) is 11.8 Å². The number of unbranched alkanes of at least 4 members (excludes halogenated alkanes) is 1. The lowest BCUT2D eigenvalue weighted by molar-refractivity contribution is -0.139. The summed E-state index contributed by atoms with van der Waals surface area (Å²) in [5, 5.41) is 8.62. The monoisotopic (exact) mass is 430 g/mol. The van der Waals surface area contributed by atoms with Crippen molar-refractivity contribution in [3.05, 3.63) is 41.1 Å². The van der Waals surface area contributed by atoms with Crippen molar-refractivity contribution >= 4 is 23.7 Å². The third-order valence-electron chi connectivity index (χ3n) is 4.70. The number of esters is 1. The van der Waals surface area contributed by atoms with E-state index >= 15 is 0 Å². The molecule has 1 unspecified atom stereocenters. The van der Waals surface area contributed by atoms with Crippen molar-refractivity contribution < 1.29 is 14.3 Å². The van der Waals surface area contributed by atoms with Crippen molar-refractivity contribution in [2.24, 2.45) is 0 Å². The second kappa shape index (κ2) is 10.5. The molecule has 1 aliphatic rings. The maximum Gasteiger partial charge on any atom is 0.338 e. The highest BCUT2D eigenvalue weighted by Gasteiger charge is 2.35. The summed E-state index contributed by atoms with van der Waals surface area (Å²) in [7, 11) is 0. The SMILES string of the molecule is CCCCOc1cccc(C2C(C(=O)OCC)=C(C)Nc3nc(SCCC)nn32)c1. The average molecular weight is 431 g/mol. The Hall–Kier alpha value is -2.48. The summed E-state index contributed by atoms with van der Waals surface area (Å²) in [5.74, 6) is 1.99. The molecule has 1 N–H and O–H groups in total. The Morgan fingerprint density at radius 1 is 1.27 bits per heavy atom. The van der Waals surface area contributed by atoms with E-state index < -0.39 is 6.04 Å². The summed E-state index contributed by atoms with van der Waals surface area (Å²) >= 11 is 1.61. The molecule has 1 aromatic heterocycles. The fourth-order valence-electron chi connectivity index (χ4n) is 3.28. The molecule has 3 rings (SSSR count). The molecule has 2 heterocycles. The molecule has 8 heteroatoms. The Morgan fingerprint density at radius 3 is 2.83 bits per heavy atom. The summed E-state index contributed by atoms with van der Waals surface area (Å²) in [5.41, 5.74) is 2.17. The highest BCUT2D eigenvalue weighted by atomic mass is 32.2. The van der Waals surface area contributed by atoms with Crippen LogP contribution in [0.3, 0.4) is 0 Å². The van der Waals surface area contributed by atoms with Gasteiger partial charge in [0, 0.05) is 11.4 Å². The molecule has 0 amide bonds. The minimum Gasteiger partial charge on any atom is -0.494 e. The van der Waals surface area contributed by atoms with Gasteiger partial charge in [0.05, 0.1) is 18.8 Å². The van der Waals surface area contributed by atoms with Crippen molar-refractivity contribution in [3.63, 3.8) is 0 Å². The number of hydrogen-bond acceptors (Lipinski definition) is 7. The molecule has 162 valence electrons. The summed E-state index contributed by atoms with van der Waals surface area (Å²) in [6.45, 7) is 8.91. The summed E-state index contributed by atoms with van der Waals surface area (Å²) in [6, 6.07) is 7.41. The largest absolute Gasteiger partial charge is 0.494 e. The quantitative estimate of drug-likeness (QED) is 0.329. The number of anilines is 1. The second-order valence-corrected chi connectivity index (χ2v) is 8.13. The van der Waals surface area contributed by atoms with E-state index in [2.05, 4.69) is 24.1 Å². The van der Waals surface area contributed by atoms with Crippen molar-refractivity contribution in [2.45, 2.75) is 58.2 Å². The zero-order valence-electron chi connectivity index (χ0n) is 18.1. The van der Waals surface area contributed by atoms with Crippen LogP contribution in [0.5, 0.6) is 5.75 Å². The van der Waals surface area contributed by atoms with E-state index in [9.17, 15) is 4.79 Å². The molecule has 1 aromatic carbocycles. The minimum atomic E-state index is -0.432. The predicted octanol–water partition coefficient (Wildman–Crippen LogP) is 4.81. The van der Waals surface area contributed by atoms with Crippen LogP contribution in [0.4, 0.5) is 5.95 Å². The van der Waals surface area contributed by atoms with Crippen molar-refractivity contribution in [1.29, 1.82) is 0 Å². The van der Waals surface area contributed by atoms with Crippen LogP contribution in [-0.2, 0) is 9.53 Å². The first kappa shape index (κ1) is 22.2. The van der Waals surface area contributed by atoms with Crippen LogP contribution < -0.4 is 10.1 Å². The molecule has 0 saturated heterocycles. The zero-order chi connectivity index (χ0) is 21.5. The number of fused-ring (bicyclic) bond motifs is 1. The molecule has 2 aromatic rings. The molecular formula is C22H30N4O3S.